The van der Waals surface area contributed by atoms with E-state index in [4.69, 9.17) is 5.73 Å². The molecule has 0 radical (unpaired) electrons. The molecule has 0 rings (SSSR count). The molecule has 0 atom stereocenters. The van der Waals surface area contributed by atoms with E-state index in [2.05, 4.69) is 4.72 Å². The third-order valence-corrected chi connectivity index (χ3v) is 2.71. The predicted octanol–water partition coefficient (Wildman–Crippen LogP) is -0.809. The summed E-state index contributed by atoms with van der Waals surface area (Å²) >= 11 is 0. The van der Waals surface area contributed by atoms with Crippen LogP contribution in [-0.2, 0) is 14.8 Å². The Kier molecular flexibility index (Phi) is 4.84. The molecule has 72 valence electrons. The molecule has 0 aliphatic carbocycles. The fourth-order valence-corrected chi connectivity index (χ4v) is 1.25. The van der Waals surface area contributed by atoms with Gasteiger partial charge in [0.1, 0.15) is 0 Å². The summed E-state index contributed by atoms with van der Waals surface area (Å²) in [5.41, 5.74) is 4.86. The normalized spacial score (nSPS) is 11.4. The highest BCUT2D eigenvalue weighted by atomic mass is 32.2. The van der Waals surface area contributed by atoms with Gasteiger partial charge in [0, 0.05) is 13.0 Å². The van der Waals surface area contributed by atoms with E-state index in [9.17, 15) is 13.2 Å². The lowest BCUT2D eigenvalue weighted by Gasteiger charge is -2.01. The molecule has 12 heavy (non-hydrogen) atoms. The van der Waals surface area contributed by atoms with Gasteiger partial charge in [-0.2, -0.15) is 0 Å². The van der Waals surface area contributed by atoms with Crippen LogP contribution in [0, 0.1) is 0 Å². The molecule has 0 bridgehead atoms. The first kappa shape index (κ1) is 11.4. The van der Waals surface area contributed by atoms with Crippen LogP contribution in [0.2, 0.25) is 0 Å². The summed E-state index contributed by atoms with van der Waals surface area (Å²) in [7, 11) is -3.12. The van der Waals surface area contributed by atoms with E-state index in [0.29, 0.717) is 6.42 Å². The van der Waals surface area contributed by atoms with Gasteiger partial charge >= 0.3 is 0 Å². The third-order valence-electron chi connectivity index (χ3n) is 1.30. The highest BCUT2D eigenvalue weighted by Gasteiger charge is 2.04. The van der Waals surface area contributed by atoms with E-state index < -0.39 is 15.9 Å². The molecular weight excluding hydrogens is 180 g/mol. The minimum atomic E-state index is -3.12. The van der Waals surface area contributed by atoms with Crippen molar-refractivity contribution in [2.45, 2.75) is 19.8 Å². The van der Waals surface area contributed by atoms with Crippen LogP contribution in [0.1, 0.15) is 19.8 Å². The van der Waals surface area contributed by atoms with Gasteiger partial charge in [0.25, 0.3) is 0 Å². The molecule has 3 N–H and O–H groups in total. The Bertz CT molecular complexity index is 235. The predicted molar refractivity (Wildman–Crippen MR) is 45.9 cm³/mol. The number of primary amides is 1. The van der Waals surface area contributed by atoms with Gasteiger partial charge in [0.05, 0.1) is 5.75 Å². The summed E-state index contributed by atoms with van der Waals surface area (Å²) in [6.45, 7) is 1.83. The SMILES string of the molecule is CCS(=O)(=O)NCCCC(N)=O. The van der Waals surface area contributed by atoms with Crippen LogP contribution in [0.5, 0.6) is 0 Å². The number of nitrogens with two attached hydrogens (primary N) is 1. The first-order chi connectivity index (χ1) is 5.48. The van der Waals surface area contributed by atoms with Crippen LogP contribution in [0.25, 0.3) is 0 Å². The highest BCUT2D eigenvalue weighted by Crippen LogP contribution is 1.87. The van der Waals surface area contributed by atoms with Crippen molar-refractivity contribution in [2.24, 2.45) is 5.73 Å². The van der Waals surface area contributed by atoms with Crippen LogP contribution in [-0.4, -0.2) is 26.6 Å². The topological polar surface area (TPSA) is 89.3 Å². The summed E-state index contributed by atoms with van der Waals surface area (Å²) in [4.78, 5) is 10.2. The van der Waals surface area contributed by atoms with E-state index in [1.54, 1.807) is 6.92 Å². The van der Waals surface area contributed by atoms with Crippen molar-refractivity contribution < 1.29 is 13.2 Å². The van der Waals surface area contributed by atoms with E-state index in [-0.39, 0.29) is 18.7 Å². The quantitative estimate of drug-likeness (QED) is 0.542. The molecule has 0 heterocycles. The maximum absolute atomic E-state index is 10.8. The molecule has 1 amide bonds. The van der Waals surface area contributed by atoms with Gasteiger partial charge in [0.15, 0.2) is 0 Å². The Hall–Kier alpha value is -0.620. The molecule has 0 saturated heterocycles. The first-order valence-electron chi connectivity index (χ1n) is 3.73. The number of rotatable bonds is 6. The molecule has 5 nitrogen and oxygen atoms in total. The van der Waals surface area contributed by atoms with Gasteiger partial charge in [-0.05, 0) is 13.3 Å². The molecule has 0 saturated carbocycles. The maximum Gasteiger partial charge on any atom is 0.217 e. The molecule has 6 heteroatoms. The monoisotopic (exact) mass is 194 g/mol. The minimum absolute atomic E-state index is 0.0591. The number of carbonyl (C=O) groups excluding carboxylic acids is 1. The second kappa shape index (κ2) is 5.10. The first-order valence-corrected chi connectivity index (χ1v) is 5.39. The number of sulfonamides is 1. The van der Waals surface area contributed by atoms with Gasteiger partial charge in [0.2, 0.25) is 15.9 Å². The van der Waals surface area contributed by atoms with Crippen LogP contribution < -0.4 is 10.5 Å². The van der Waals surface area contributed by atoms with Gasteiger partial charge in [-0.3, -0.25) is 4.79 Å². The summed E-state index contributed by atoms with van der Waals surface area (Å²) in [6, 6.07) is 0. The summed E-state index contributed by atoms with van der Waals surface area (Å²) < 4.78 is 24.0. The lowest BCUT2D eigenvalue weighted by Crippen LogP contribution is -2.27. The van der Waals surface area contributed by atoms with Gasteiger partial charge in [-0.1, -0.05) is 0 Å². The molecule has 0 aromatic rings. The lowest BCUT2D eigenvalue weighted by molar-refractivity contribution is -0.118. The summed E-state index contributed by atoms with van der Waals surface area (Å²) in [5.74, 6) is -0.352. The van der Waals surface area contributed by atoms with Gasteiger partial charge in [-0.25, -0.2) is 13.1 Å². The Morgan fingerprint density at radius 1 is 1.50 bits per heavy atom. The third kappa shape index (κ3) is 6.11. The zero-order valence-corrected chi connectivity index (χ0v) is 7.86. The minimum Gasteiger partial charge on any atom is -0.370 e. The Balaban J connectivity index is 3.51. The smallest absolute Gasteiger partial charge is 0.217 e. The molecule has 0 aliphatic heterocycles. The van der Waals surface area contributed by atoms with Gasteiger partial charge in [-0.15, -0.1) is 0 Å². The molecule has 0 aromatic carbocycles. The van der Waals surface area contributed by atoms with Crippen molar-refractivity contribution in [3.05, 3.63) is 0 Å². The van der Waals surface area contributed by atoms with Crippen molar-refractivity contribution in [1.82, 2.24) is 4.72 Å². The van der Waals surface area contributed by atoms with E-state index in [1.807, 2.05) is 0 Å². The highest BCUT2D eigenvalue weighted by molar-refractivity contribution is 7.89. The number of hydrogen-bond donors (Lipinski definition) is 2. The second-order valence-corrected chi connectivity index (χ2v) is 4.46. The standard InChI is InChI=1S/C6H14N2O3S/c1-2-12(10,11)8-5-3-4-6(7)9/h8H,2-5H2,1H3,(H2,7,9). The molecule has 0 fully saturated rings. The Morgan fingerprint density at radius 3 is 2.50 bits per heavy atom. The summed E-state index contributed by atoms with van der Waals surface area (Å²) in [6.07, 6.45) is 0.667. The Morgan fingerprint density at radius 2 is 2.08 bits per heavy atom. The van der Waals surface area contributed by atoms with Crippen LogP contribution in [0.3, 0.4) is 0 Å². The molecule has 0 aromatic heterocycles. The number of carbonyl (C=O) groups is 1. The van der Waals surface area contributed by atoms with Crippen molar-refractivity contribution in [1.29, 1.82) is 0 Å². The average molecular weight is 194 g/mol. The van der Waals surface area contributed by atoms with Crippen molar-refractivity contribution in [3.63, 3.8) is 0 Å². The van der Waals surface area contributed by atoms with Crippen LogP contribution in [0.4, 0.5) is 0 Å². The number of hydrogen-bond acceptors (Lipinski definition) is 3. The van der Waals surface area contributed by atoms with Crippen LogP contribution in [0.15, 0.2) is 0 Å². The molecule has 0 unspecified atom stereocenters. The number of nitrogens with one attached hydrogen (secondary N) is 1. The Labute approximate surface area is 72.4 Å². The van der Waals surface area contributed by atoms with E-state index >= 15 is 0 Å². The van der Waals surface area contributed by atoms with Gasteiger partial charge < -0.3 is 5.73 Å². The maximum atomic E-state index is 10.8. The largest absolute Gasteiger partial charge is 0.370 e. The van der Waals surface area contributed by atoms with Crippen molar-refractivity contribution in [2.75, 3.05) is 12.3 Å². The zero-order chi connectivity index (χ0) is 9.61. The zero-order valence-electron chi connectivity index (χ0n) is 7.04. The fourth-order valence-electron chi connectivity index (χ4n) is 0.592. The van der Waals surface area contributed by atoms with Crippen molar-refractivity contribution in [3.8, 4) is 0 Å². The fraction of sp³-hybridized carbons (Fsp3) is 0.833. The molecular formula is C6H14N2O3S. The number of amides is 1. The second-order valence-electron chi connectivity index (χ2n) is 2.37. The molecule has 0 spiro atoms. The summed E-state index contributed by atoms with van der Waals surface area (Å²) in [5, 5.41) is 0. The van der Waals surface area contributed by atoms with Crippen LogP contribution >= 0.6 is 0 Å². The lowest BCUT2D eigenvalue weighted by atomic mass is 10.3. The van der Waals surface area contributed by atoms with E-state index in [0.717, 1.165) is 0 Å². The van der Waals surface area contributed by atoms with E-state index in [1.165, 1.54) is 0 Å². The van der Waals surface area contributed by atoms with Crippen molar-refractivity contribution >= 4 is 15.9 Å². The molecule has 0 aliphatic rings. The average Bonchev–Trinajstić information content (AvgIpc) is 1.98.